The molecule has 1 N–H and O–H groups in total. The Morgan fingerprint density at radius 1 is 1.19 bits per heavy atom. The van der Waals surface area contributed by atoms with Gasteiger partial charge in [0.1, 0.15) is 0 Å². The molecule has 1 aliphatic carbocycles. The summed E-state index contributed by atoms with van der Waals surface area (Å²) in [6.07, 6.45) is 3.94. The molecule has 96 valence electrons. The third-order valence-corrected chi connectivity index (χ3v) is 4.08. The summed E-state index contributed by atoms with van der Waals surface area (Å²) in [5, 5.41) is 9.93. The SMILES string of the molecule is CCN(CC(C)(C)O)C1CCC(C)C(C)C1. The van der Waals surface area contributed by atoms with Crippen LogP contribution in [0.1, 0.15) is 53.9 Å². The Hall–Kier alpha value is -0.0800. The maximum atomic E-state index is 9.93. The maximum absolute atomic E-state index is 9.93. The van der Waals surface area contributed by atoms with Crippen LogP contribution in [0.5, 0.6) is 0 Å². The molecule has 0 aromatic heterocycles. The smallest absolute Gasteiger partial charge is 0.0718 e. The zero-order chi connectivity index (χ0) is 12.3. The van der Waals surface area contributed by atoms with E-state index >= 15 is 0 Å². The minimum Gasteiger partial charge on any atom is -0.389 e. The maximum Gasteiger partial charge on any atom is 0.0718 e. The van der Waals surface area contributed by atoms with Crippen LogP contribution in [0, 0.1) is 11.8 Å². The van der Waals surface area contributed by atoms with Crippen molar-refractivity contribution in [2.24, 2.45) is 11.8 Å². The molecule has 1 saturated carbocycles. The van der Waals surface area contributed by atoms with Gasteiger partial charge < -0.3 is 5.11 Å². The summed E-state index contributed by atoms with van der Waals surface area (Å²) in [6, 6.07) is 0.683. The van der Waals surface area contributed by atoms with E-state index < -0.39 is 5.60 Å². The fourth-order valence-corrected chi connectivity index (χ4v) is 2.85. The van der Waals surface area contributed by atoms with Crippen molar-refractivity contribution >= 4 is 0 Å². The Bertz CT molecular complexity index is 209. The van der Waals surface area contributed by atoms with Crippen LogP contribution in [0.15, 0.2) is 0 Å². The van der Waals surface area contributed by atoms with Crippen LogP contribution in [-0.4, -0.2) is 34.7 Å². The standard InChI is InChI=1S/C14H29NO/c1-6-15(10-14(4,5)16)13-8-7-11(2)12(3)9-13/h11-13,16H,6-10H2,1-5H3. The van der Waals surface area contributed by atoms with E-state index in [1.165, 1.54) is 19.3 Å². The van der Waals surface area contributed by atoms with Gasteiger partial charge in [-0.2, -0.15) is 0 Å². The molecule has 0 aromatic rings. The summed E-state index contributed by atoms with van der Waals surface area (Å²) in [6.45, 7) is 12.6. The average Bonchev–Trinajstić information content (AvgIpc) is 2.17. The van der Waals surface area contributed by atoms with E-state index in [1.54, 1.807) is 0 Å². The molecule has 0 amide bonds. The normalized spacial score (nSPS) is 32.1. The second-order valence-corrected chi connectivity index (χ2v) is 6.30. The van der Waals surface area contributed by atoms with Crippen molar-refractivity contribution in [3.8, 4) is 0 Å². The highest BCUT2D eigenvalue weighted by Gasteiger charge is 2.30. The number of hydrogen-bond donors (Lipinski definition) is 1. The van der Waals surface area contributed by atoms with Crippen molar-refractivity contribution in [1.82, 2.24) is 4.90 Å². The minimum absolute atomic E-state index is 0.567. The number of hydrogen-bond acceptors (Lipinski definition) is 2. The van der Waals surface area contributed by atoms with Gasteiger partial charge in [-0.15, -0.1) is 0 Å². The molecule has 2 heteroatoms. The predicted molar refractivity (Wildman–Crippen MR) is 69.5 cm³/mol. The third kappa shape index (κ3) is 4.06. The van der Waals surface area contributed by atoms with Crippen LogP contribution < -0.4 is 0 Å². The Labute approximate surface area is 101 Å². The zero-order valence-electron chi connectivity index (χ0n) is 11.7. The van der Waals surface area contributed by atoms with Crippen molar-refractivity contribution in [1.29, 1.82) is 0 Å². The lowest BCUT2D eigenvalue weighted by Gasteiger charge is -2.41. The van der Waals surface area contributed by atoms with Crippen molar-refractivity contribution in [2.75, 3.05) is 13.1 Å². The molecule has 1 rings (SSSR count). The zero-order valence-corrected chi connectivity index (χ0v) is 11.7. The number of aliphatic hydroxyl groups is 1. The highest BCUT2D eigenvalue weighted by Crippen LogP contribution is 2.32. The van der Waals surface area contributed by atoms with Gasteiger partial charge in [-0.3, -0.25) is 4.90 Å². The van der Waals surface area contributed by atoms with Gasteiger partial charge in [0.05, 0.1) is 5.60 Å². The molecule has 3 unspecified atom stereocenters. The first kappa shape index (κ1) is 14.0. The molecule has 0 heterocycles. The van der Waals surface area contributed by atoms with Gasteiger partial charge in [0, 0.05) is 12.6 Å². The molecule has 0 radical (unpaired) electrons. The largest absolute Gasteiger partial charge is 0.389 e. The molecule has 0 bridgehead atoms. The lowest BCUT2D eigenvalue weighted by molar-refractivity contribution is 0.00764. The molecular weight excluding hydrogens is 198 g/mol. The summed E-state index contributed by atoms with van der Waals surface area (Å²) in [7, 11) is 0. The Morgan fingerprint density at radius 2 is 1.81 bits per heavy atom. The van der Waals surface area contributed by atoms with Crippen LogP contribution in [-0.2, 0) is 0 Å². The molecular formula is C14H29NO. The monoisotopic (exact) mass is 227 g/mol. The quantitative estimate of drug-likeness (QED) is 0.798. The van der Waals surface area contributed by atoms with Gasteiger partial charge in [-0.05, 0) is 51.5 Å². The molecule has 1 fully saturated rings. The Balaban J connectivity index is 2.54. The van der Waals surface area contributed by atoms with Crippen LogP contribution in [0.3, 0.4) is 0 Å². The molecule has 0 aliphatic heterocycles. The fraction of sp³-hybridized carbons (Fsp3) is 1.00. The first-order valence-corrected chi connectivity index (χ1v) is 6.80. The van der Waals surface area contributed by atoms with Crippen LogP contribution in [0.2, 0.25) is 0 Å². The number of likely N-dealkylation sites (N-methyl/N-ethyl adjacent to an activating group) is 1. The van der Waals surface area contributed by atoms with E-state index in [9.17, 15) is 5.11 Å². The lowest BCUT2D eigenvalue weighted by Crippen LogP contribution is -2.46. The van der Waals surface area contributed by atoms with Crippen LogP contribution in [0.4, 0.5) is 0 Å². The molecule has 1 aliphatic rings. The molecule has 2 nitrogen and oxygen atoms in total. The van der Waals surface area contributed by atoms with Gasteiger partial charge in [-0.1, -0.05) is 20.8 Å². The van der Waals surface area contributed by atoms with Gasteiger partial charge in [-0.25, -0.2) is 0 Å². The summed E-state index contributed by atoms with van der Waals surface area (Å²) in [4.78, 5) is 2.46. The molecule has 16 heavy (non-hydrogen) atoms. The average molecular weight is 227 g/mol. The number of rotatable bonds is 4. The third-order valence-electron chi connectivity index (χ3n) is 4.08. The Morgan fingerprint density at radius 3 is 2.25 bits per heavy atom. The molecule has 3 atom stereocenters. The second kappa shape index (κ2) is 5.50. The lowest BCUT2D eigenvalue weighted by atomic mass is 9.78. The topological polar surface area (TPSA) is 23.5 Å². The van der Waals surface area contributed by atoms with Crippen molar-refractivity contribution in [3.05, 3.63) is 0 Å². The molecule has 0 saturated heterocycles. The van der Waals surface area contributed by atoms with Gasteiger partial charge in [0.2, 0.25) is 0 Å². The summed E-state index contributed by atoms with van der Waals surface area (Å²) < 4.78 is 0. The number of nitrogens with zero attached hydrogens (tertiary/aromatic N) is 1. The van der Waals surface area contributed by atoms with E-state index in [1.807, 2.05) is 13.8 Å². The highest BCUT2D eigenvalue weighted by atomic mass is 16.3. The van der Waals surface area contributed by atoms with E-state index in [4.69, 9.17) is 0 Å². The summed E-state index contributed by atoms with van der Waals surface area (Å²) >= 11 is 0. The predicted octanol–water partition coefficient (Wildman–Crippen LogP) is 2.90. The van der Waals surface area contributed by atoms with Gasteiger partial charge in [0.15, 0.2) is 0 Å². The molecule has 0 spiro atoms. The van der Waals surface area contributed by atoms with Crippen molar-refractivity contribution < 1.29 is 5.11 Å². The first-order chi connectivity index (χ1) is 7.33. The minimum atomic E-state index is -0.567. The summed E-state index contributed by atoms with van der Waals surface area (Å²) in [5.41, 5.74) is -0.567. The van der Waals surface area contributed by atoms with Gasteiger partial charge in [0.25, 0.3) is 0 Å². The summed E-state index contributed by atoms with van der Waals surface area (Å²) in [5.74, 6) is 1.70. The first-order valence-electron chi connectivity index (χ1n) is 6.80. The second-order valence-electron chi connectivity index (χ2n) is 6.30. The van der Waals surface area contributed by atoms with Crippen molar-refractivity contribution in [3.63, 3.8) is 0 Å². The fourth-order valence-electron chi connectivity index (χ4n) is 2.85. The van der Waals surface area contributed by atoms with E-state index in [0.29, 0.717) is 6.04 Å². The highest BCUT2D eigenvalue weighted by molar-refractivity contribution is 4.84. The van der Waals surface area contributed by atoms with E-state index in [-0.39, 0.29) is 0 Å². The van der Waals surface area contributed by atoms with Gasteiger partial charge >= 0.3 is 0 Å². The van der Waals surface area contributed by atoms with Crippen LogP contribution >= 0.6 is 0 Å². The van der Waals surface area contributed by atoms with E-state index in [2.05, 4.69) is 25.7 Å². The van der Waals surface area contributed by atoms with Crippen molar-refractivity contribution in [2.45, 2.75) is 65.5 Å². The van der Waals surface area contributed by atoms with Crippen LogP contribution in [0.25, 0.3) is 0 Å². The van der Waals surface area contributed by atoms with E-state index in [0.717, 1.165) is 24.9 Å². The Kier molecular flexibility index (Phi) is 4.81. The molecule has 0 aromatic carbocycles.